The number of carbonyl (C=O) groups excluding carboxylic acids is 3. The van der Waals surface area contributed by atoms with Crippen LogP contribution in [0.2, 0.25) is 0 Å². The number of thioether (sulfide) groups is 1. The number of hydrogen-bond acceptors (Lipinski definition) is 5. The fraction of sp³-hybridized carbons (Fsp3) is 0.115. The van der Waals surface area contributed by atoms with Crippen LogP contribution < -0.4 is 4.74 Å². The maximum Gasteiger partial charge on any atom is 0.343 e. The second-order valence-corrected chi connectivity index (χ2v) is 8.57. The third-order valence-electron chi connectivity index (χ3n) is 4.98. The highest BCUT2D eigenvalue weighted by molar-refractivity contribution is 8.18. The molecule has 1 aliphatic heterocycles. The molecule has 5 nitrogen and oxygen atoms in total. The summed E-state index contributed by atoms with van der Waals surface area (Å²) in [6, 6.07) is 21.7. The summed E-state index contributed by atoms with van der Waals surface area (Å²) in [6.45, 7) is 4.14. The number of nitrogens with zero attached hydrogens (tertiary/aromatic N) is 1. The largest absolute Gasteiger partial charge is 0.423 e. The van der Waals surface area contributed by atoms with Crippen LogP contribution in [0.25, 0.3) is 6.08 Å². The standard InChI is InChI=1S/C26H21NO4S/c1-17-6-8-20(9-7-17)16-27-24(28)23(32-26(27)30)15-19-10-12-22(13-11-19)31-25(29)21-5-3-4-18(2)14-21/h3-15H,16H2,1-2H3/b23-15-. The normalized spacial score (nSPS) is 14.8. The van der Waals surface area contributed by atoms with Crippen molar-refractivity contribution in [2.75, 3.05) is 0 Å². The molecule has 1 heterocycles. The van der Waals surface area contributed by atoms with E-state index < -0.39 is 5.97 Å². The van der Waals surface area contributed by atoms with Gasteiger partial charge in [0.15, 0.2) is 0 Å². The Morgan fingerprint density at radius 1 is 0.938 bits per heavy atom. The molecular formula is C26H21NO4S. The van der Waals surface area contributed by atoms with E-state index in [1.165, 1.54) is 4.90 Å². The number of benzene rings is 3. The number of hydrogen-bond donors (Lipinski definition) is 0. The average Bonchev–Trinajstić information content (AvgIpc) is 3.04. The van der Waals surface area contributed by atoms with Crippen molar-refractivity contribution >= 4 is 35.0 Å². The van der Waals surface area contributed by atoms with E-state index >= 15 is 0 Å². The lowest BCUT2D eigenvalue weighted by molar-refractivity contribution is -0.123. The van der Waals surface area contributed by atoms with Crippen LogP contribution >= 0.6 is 11.8 Å². The van der Waals surface area contributed by atoms with Crippen molar-refractivity contribution in [2.24, 2.45) is 0 Å². The van der Waals surface area contributed by atoms with Crippen LogP contribution in [0.4, 0.5) is 4.79 Å². The van der Waals surface area contributed by atoms with Gasteiger partial charge in [-0.25, -0.2) is 4.79 Å². The fourth-order valence-corrected chi connectivity index (χ4v) is 4.07. The minimum atomic E-state index is -0.432. The van der Waals surface area contributed by atoms with Crippen LogP contribution in [-0.2, 0) is 11.3 Å². The molecule has 6 heteroatoms. The van der Waals surface area contributed by atoms with Gasteiger partial charge in [0, 0.05) is 0 Å². The first kappa shape index (κ1) is 21.6. The third kappa shape index (κ3) is 4.98. The monoisotopic (exact) mass is 443 g/mol. The molecular weight excluding hydrogens is 422 g/mol. The summed E-state index contributed by atoms with van der Waals surface area (Å²) in [5.41, 5.74) is 4.22. The Kier molecular flexibility index (Phi) is 6.23. The molecule has 32 heavy (non-hydrogen) atoms. The van der Waals surface area contributed by atoms with Crippen molar-refractivity contribution < 1.29 is 19.1 Å². The first-order valence-corrected chi connectivity index (χ1v) is 10.9. The van der Waals surface area contributed by atoms with Gasteiger partial charge in [0.1, 0.15) is 5.75 Å². The topological polar surface area (TPSA) is 63.7 Å². The van der Waals surface area contributed by atoms with Crippen molar-refractivity contribution in [3.05, 3.63) is 106 Å². The molecule has 0 atom stereocenters. The Morgan fingerprint density at radius 2 is 1.66 bits per heavy atom. The summed E-state index contributed by atoms with van der Waals surface area (Å²) in [4.78, 5) is 39.0. The molecule has 0 radical (unpaired) electrons. The van der Waals surface area contributed by atoms with E-state index in [4.69, 9.17) is 4.74 Å². The molecule has 0 spiro atoms. The quantitative estimate of drug-likeness (QED) is 0.285. The molecule has 1 saturated heterocycles. The zero-order chi connectivity index (χ0) is 22.7. The first-order chi connectivity index (χ1) is 15.4. The Hall–Kier alpha value is -3.64. The van der Waals surface area contributed by atoms with Gasteiger partial charge in [-0.05, 0) is 67.1 Å². The highest BCUT2D eigenvalue weighted by atomic mass is 32.2. The third-order valence-corrected chi connectivity index (χ3v) is 5.88. The fourth-order valence-electron chi connectivity index (χ4n) is 3.23. The van der Waals surface area contributed by atoms with E-state index in [0.717, 1.165) is 34.0 Å². The molecule has 0 saturated carbocycles. The van der Waals surface area contributed by atoms with Crippen molar-refractivity contribution in [2.45, 2.75) is 20.4 Å². The summed E-state index contributed by atoms with van der Waals surface area (Å²) in [6.07, 6.45) is 1.67. The SMILES string of the molecule is Cc1ccc(CN2C(=O)S/C(=C\c3ccc(OC(=O)c4cccc(C)c4)cc3)C2=O)cc1. The summed E-state index contributed by atoms with van der Waals surface area (Å²) >= 11 is 0.926. The number of amides is 2. The number of esters is 1. The van der Waals surface area contributed by atoms with E-state index in [1.54, 1.807) is 48.5 Å². The van der Waals surface area contributed by atoms with Gasteiger partial charge in [-0.2, -0.15) is 0 Å². The van der Waals surface area contributed by atoms with E-state index in [1.807, 2.05) is 44.2 Å². The maximum absolute atomic E-state index is 12.7. The maximum atomic E-state index is 12.7. The first-order valence-electron chi connectivity index (χ1n) is 10.1. The van der Waals surface area contributed by atoms with E-state index in [-0.39, 0.29) is 17.7 Å². The minimum Gasteiger partial charge on any atom is -0.423 e. The smallest absolute Gasteiger partial charge is 0.343 e. The summed E-state index contributed by atoms with van der Waals surface area (Å²) in [5.74, 6) is -0.338. The molecule has 160 valence electrons. The van der Waals surface area contributed by atoms with Gasteiger partial charge < -0.3 is 4.74 Å². The van der Waals surface area contributed by atoms with Gasteiger partial charge in [0.2, 0.25) is 0 Å². The second-order valence-electron chi connectivity index (χ2n) is 7.58. The van der Waals surface area contributed by atoms with Gasteiger partial charge in [-0.15, -0.1) is 0 Å². The predicted molar refractivity (Wildman–Crippen MR) is 125 cm³/mol. The molecule has 0 aliphatic carbocycles. The van der Waals surface area contributed by atoms with E-state index in [0.29, 0.717) is 16.2 Å². The van der Waals surface area contributed by atoms with Crippen molar-refractivity contribution in [3.8, 4) is 5.75 Å². The number of aryl methyl sites for hydroxylation is 2. The van der Waals surface area contributed by atoms with Gasteiger partial charge in [-0.3, -0.25) is 14.5 Å². The Morgan fingerprint density at radius 3 is 2.34 bits per heavy atom. The van der Waals surface area contributed by atoms with Gasteiger partial charge in [-0.1, -0.05) is 59.7 Å². The number of carbonyl (C=O) groups is 3. The number of rotatable bonds is 5. The van der Waals surface area contributed by atoms with Crippen LogP contribution in [0.5, 0.6) is 5.75 Å². The van der Waals surface area contributed by atoms with Crippen LogP contribution in [0.3, 0.4) is 0 Å². The van der Waals surface area contributed by atoms with Gasteiger partial charge in [0.05, 0.1) is 17.0 Å². The lowest BCUT2D eigenvalue weighted by atomic mass is 10.1. The number of imide groups is 1. The van der Waals surface area contributed by atoms with Gasteiger partial charge in [0.25, 0.3) is 11.1 Å². The second kappa shape index (κ2) is 9.24. The molecule has 0 N–H and O–H groups in total. The zero-order valence-electron chi connectivity index (χ0n) is 17.7. The summed E-state index contributed by atoms with van der Waals surface area (Å²) in [7, 11) is 0. The average molecular weight is 444 g/mol. The van der Waals surface area contributed by atoms with Crippen molar-refractivity contribution in [1.29, 1.82) is 0 Å². The van der Waals surface area contributed by atoms with Crippen LogP contribution in [-0.4, -0.2) is 22.0 Å². The molecule has 3 aromatic rings. The molecule has 1 aliphatic rings. The lowest BCUT2D eigenvalue weighted by Crippen LogP contribution is -2.27. The zero-order valence-corrected chi connectivity index (χ0v) is 18.5. The highest BCUT2D eigenvalue weighted by Crippen LogP contribution is 2.33. The van der Waals surface area contributed by atoms with Gasteiger partial charge >= 0.3 is 5.97 Å². The Balaban J connectivity index is 1.43. The van der Waals surface area contributed by atoms with E-state index in [9.17, 15) is 14.4 Å². The molecule has 0 bridgehead atoms. The minimum absolute atomic E-state index is 0.246. The van der Waals surface area contributed by atoms with Crippen molar-refractivity contribution in [3.63, 3.8) is 0 Å². The Labute approximate surface area is 190 Å². The van der Waals surface area contributed by atoms with Crippen LogP contribution in [0.1, 0.15) is 32.6 Å². The lowest BCUT2D eigenvalue weighted by Gasteiger charge is -2.12. The molecule has 0 aromatic heterocycles. The Bertz CT molecular complexity index is 1210. The molecule has 1 fully saturated rings. The van der Waals surface area contributed by atoms with Crippen LogP contribution in [0, 0.1) is 13.8 Å². The summed E-state index contributed by atoms with van der Waals surface area (Å²) < 4.78 is 5.42. The predicted octanol–water partition coefficient (Wildman–Crippen LogP) is 5.76. The molecule has 0 unspecified atom stereocenters. The van der Waals surface area contributed by atoms with Crippen LogP contribution in [0.15, 0.2) is 77.7 Å². The molecule has 2 amide bonds. The van der Waals surface area contributed by atoms with E-state index in [2.05, 4.69) is 0 Å². The van der Waals surface area contributed by atoms with Crippen molar-refractivity contribution in [1.82, 2.24) is 4.90 Å². The number of ether oxygens (including phenoxy) is 1. The molecule has 4 rings (SSSR count). The highest BCUT2D eigenvalue weighted by Gasteiger charge is 2.34. The molecule has 3 aromatic carbocycles. The summed E-state index contributed by atoms with van der Waals surface area (Å²) in [5, 5.41) is -0.287.